The van der Waals surface area contributed by atoms with Gasteiger partial charge in [0.25, 0.3) is 17.7 Å². The van der Waals surface area contributed by atoms with E-state index in [9.17, 15) is 19.2 Å². The number of benzene rings is 3. The zero-order valence-electron chi connectivity index (χ0n) is 22.2. The van der Waals surface area contributed by atoms with E-state index in [0.29, 0.717) is 11.3 Å². The Balaban J connectivity index is 1.51. The SMILES string of the molecule is Cc1cc(C)c(NC(=O)c2cccc(NC3=C(Cl)C(=O)N(c4ccc(C(=O)OC(C)C)cc4)C3=O)c2)c(C)c1. The van der Waals surface area contributed by atoms with E-state index in [1.165, 1.54) is 24.3 Å². The summed E-state index contributed by atoms with van der Waals surface area (Å²) in [7, 11) is 0. The number of imide groups is 1. The van der Waals surface area contributed by atoms with E-state index < -0.39 is 17.8 Å². The second-order valence-corrected chi connectivity index (χ2v) is 9.95. The van der Waals surface area contributed by atoms with Gasteiger partial charge in [0.2, 0.25) is 0 Å². The number of carbonyl (C=O) groups is 4. The first-order valence-corrected chi connectivity index (χ1v) is 12.7. The number of anilines is 3. The lowest BCUT2D eigenvalue weighted by atomic mass is 10.0. The van der Waals surface area contributed by atoms with Crippen LogP contribution in [0.15, 0.2) is 71.4 Å². The number of esters is 1. The maximum atomic E-state index is 13.2. The highest BCUT2D eigenvalue weighted by atomic mass is 35.5. The molecule has 0 fully saturated rings. The van der Waals surface area contributed by atoms with Crippen LogP contribution in [0.5, 0.6) is 0 Å². The molecule has 4 rings (SSSR count). The van der Waals surface area contributed by atoms with Crippen molar-refractivity contribution in [3.05, 3.63) is 99.2 Å². The van der Waals surface area contributed by atoms with E-state index in [1.807, 2.05) is 32.9 Å². The van der Waals surface area contributed by atoms with Crippen LogP contribution >= 0.6 is 11.6 Å². The molecule has 1 aliphatic heterocycles. The van der Waals surface area contributed by atoms with Gasteiger partial charge in [0.1, 0.15) is 10.7 Å². The van der Waals surface area contributed by atoms with Crippen molar-refractivity contribution in [2.24, 2.45) is 0 Å². The smallest absolute Gasteiger partial charge is 0.338 e. The van der Waals surface area contributed by atoms with Crippen molar-refractivity contribution in [2.75, 3.05) is 15.5 Å². The summed E-state index contributed by atoms with van der Waals surface area (Å²) in [5.41, 5.74) is 4.93. The molecule has 0 unspecified atom stereocenters. The summed E-state index contributed by atoms with van der Waals surface area (Å²) in [5.74, 6) is -2.20. The Bertz CT molecular complexity index is 1500. The lowest BCUT2D eigenvalue weighted by molar-refractivity contribution is -0.120. The molecule has 3 aromatic rings. The van der Waals surface area contributed by atoms with Gasteiger partial charge in [-0.05, 0) is 88.2 Å². The van der Waals surface area contributed by atoms with Crippen molar-refractivity contribution in [1.82, 2.24) is 0 Å². The maximum absolute atomic E-state index is 13.2. The number of nitrogens with zero attached hydrogens (tertiary/aromatic N) is 1. The van der Waals surface area contributed by atoms with E-state index in [4.69, 9.17) is 16.3 Å². The van der Waals surface area contributed by atoms with Crippen molar-refractivity contribution < 1.29 is 23.9 Å². The molecule has 1 heterocycles. The van der Waals surface area contributed by atoms with Gasteiger partial charge in [-0.3, -0.25) is 14.4 Å². The Morgan fingerprint density at radius 1 is 0.872 bits per heavy atom. The van der Waals surface area contributed by atoms with Gasteiger partial charge in [-0.2, -0.15) is 0 Å². The van der Waals surface area contributed by atoms with Crippen LogP contribution in [-0.2, 0) is 14.3 Å². The molecule has 8 nitrogen and oxygen atoms in total. The molecule has 0 saturated carbocycles. The van der Waals surface area contributed by atoms with Crippen LogP contribution in [0.1, 0.15) is 51.3 Å². The monoisotopic (exact) mass is 545 g/mol. The van der Waals surface area contributed by atoms with E-state index in [1.54, 1.807) is 38.1 Å². The summed E-state index contributed by atoms with van der Waals surface area (Å²) in [6.45, 7) is 9.34. The highest BCUT2D eigenvalue weighted by Crippen LogP contribution is 2.31. The van der Waals surface area contributed by atoms with Gasteiger partial charge < -0.3 is 15.4 Å². The summed E-state index contributed by atoms with van der Waals surface area (Å²) in [4.78, 5) is 52.1. The fourth-order valence-corrected chi connectivity index (χ4v) is 4.53. The van der Waals surface area contributed by atoms with Gasteiger partial charge in [-0.15, -0.1) is 0 Å². The van der Waals surface area contributed by atoms with Crippen molar-refractivity contribution >= 4 is 52.4 Å². The number of hydrogen-bond acceptors (Lipinski definition) is 6. The first kappa shape index (κ1) is 27.6. The van der Waals surface area contributed by atoms with Gasteiger partial charge in [0.15, 0.2) is 0 Å². The molecule has 0 atom stereocenters. The Hall–Kier alpha value is -4.43. The quantitative estimate of drug-likeness (QED) is 0.284. The highest BCUT2D eigenvalue weighted by molar-refractivity contribution is 6.53. The van der Waals surface area contributed by atoms with Crippen LogP contribution in [-0.4, -0.2) is 29.8 Å². The lowest BCUT2D eigenvalue weighted by Crippen LogP contribution is -2.32. The third-order valence-corrected chi connectivity index (χ3v) is 6.39. The van der Waals surface area contributed by atoms with E-state index in [-0.39, 0.29) is 34.0 Å². The predicted octanol–water partition coefficient (Wildman–Crippen LogP) is 5.87. The van der Waals surface area contributed by atoms with E-state index in [2.05, 4.69) is 10.6 Å². The molecule has 0 saturated heterocycles. The van der Waals surface area contributed by atoms with Gasteiger partial charge in [-0.25, -0.2) is 9.69 Å². The number of aryl methyl sites for hydroxylation is 3. The highest BCUT2D eigenvalue weighted by Gasteiger charge is 2.39. The Morgan fingerprint density at radius 2 is 1.51 bits per heavy atom. The summed E-state index contributed by atoms with van der Waals surface area (Å²) in [5, 5.41) is 5.56. The average molecular weight is 546 g/mol. The number of halogens is 1. The number of nitrogens with one attached hydrogen (secondary N) is 2. The molecule has 2 N–H and O–H groups in total. The Kier molecular flexibility index (Phi) is 7.88. The lowest BCUT2D eigenvalue weighted by Gasteiger charge is -2.16. The standard InChI is InChI=1S/C30H28ClN3O5/c1-16(2)39-30(38)20-9-11-23(12-10-20)34-28(36)24(31)26(29(34)37)32-22-8-6-7-21(15-22)27(35)33-25-18(4)13-17(3)14-19(25)5/h6-16,32H,1-5H3,(H,33,35). The predicted molar refractivity (Wildman–Crippen MR) is 151 cm³/mol. The molecule has 1 aliphatic rings. The second kappa shape index (κ2) is 11.1. The minimum absolute atomic E-state index is 0.118. The molecular weight excluding hydrogens is 518 g/mol. The van der Waals surface area contributed by atoms with Crippen molar-refractivity contribution in [2.45, 2.75) is 40.7 Å². The number of rotatable bonds is 7. The van der Waals surface area contributed by atoms with Crippen LogP contribution in [0.4, 0.5) is 17.1 Å². The fourth-order valence-electron chi connectivity index (χ4n) is 4.32. The number of carbonyl (C=O) groups excluding carboxylic acids is 4. The molecule has 0 aliphatic carbocycles. The molecule has 9 heteroatoms. The van der Waals surface area contributed by atoms with Gasteiger partial charge >= 0.3 is 5.97 Å². The molecule has 200 valence electrons. The van der Waals surface area contributed by atoms with Crippen LogP contribution in [0.3, 0.4) is 0 Å². The zero-order valence-corrected chi connectivity index (χ0v) is 23.0. The largest absolute Gasteiger partial charge is 0.459 e. The number of amides is 3. The van der Waals surface area contributed by atoms with E-state index in [0.717, 1.165) is 27.3 Å². The third kappa shape index (κ3) is 5.86. The van der Waals surface area contributed by atoms with Crippen molar-refractivity contribution in [3.63, 3.8) is 0 Å². The van der Waals surface area contributed by atoms with Gasteiger partial charge in [0, 0.05) is 16.9 Å². The van der Waals surface area contributed by atoms with Gasteiger partial charge in [-0.1, -0.05) is 35.4 Å². The van der Waals surface area contributed by atoms with Crippen molar-refractivity contribution in [1.29, 1.82) is 0 Å². The summed E-state index contributed by atoms with van der Waals surface area (Å²) >= 11 is 6.27. The first-order valence-electron chi connectivity index (χ1n) is 12.3. The average Bonchev–Trinajstić information content (AvgIpc) is 3.09. The van der Waals surface area contributed by atoms with Gasteiger partial charge in [0.05, 0.1) is 17.4 Å². The first-order chi connectivity index (χ1) is 18.5. The molecular formula is C30H28ClN3O5. The number of hydrogen-bond donors (Lipinski definition) is 2. The topological polar surface area (TPSA) is 105 Å². The second-order valence-electron chi connectivity index (χ2n) is 9.57. The maximum Gasteiger partial charge on any atom is 0.338 e. The minimum Gasteiger partial charge on any atom is -0.459 e. The molecule has 0 radical (unpaired) electrons. The molecule has 0 spiro atoms. The molecule has 3 aromatic carbocycles. The Labute approximate surface area is 231 Å². The summed E-state index contributed by atoms with van der Waals surface area (Å²) < 4.78 is 5.17. The van der Waals surface area contributed by atoms with Crippen LogP contribution in [0.2, 0.25) is 0 Å². The molecule has 3 amide bonds. The molecule has 39 heavy (non-hydrogen) atoms. The van der Waals surface area contributed by atoms with Crippen LogP contribution in [0.25, 0.3) is 0 Å². The Morgan fingerprint density at radius 3 is 2.13 bits per heavy atom. The molecule has 0 aromatic heterocycles. The van der Waals surface area contributed by atoms with Crippen molar-refractivity contribution in [3.8, 4) is 0 Å². The summed E-state index contributed by atoms with van der Waals surface area (Å²) in [6, 6.07) is 16.4. The normalized spacial score (nSPS) is 13.3. The van der Waals surface area contributed by atoms with Crippen LogP contribution in [0, 0.1) is 20.8 Å². The van der Waals surface area contributed by atoms with E-state index >= 15 is 0 Å². The molecule has 0 bridgehead atoms. The van der Waals surface area contributed by atoms with Crippen LogP contribution < -0.4 is 15.5 Å². The minimum atomic E-state index is -0.708. The summed E-state index contributed by atoms with van der Waals surface area (Å²) in [6.07, 6.45) is -0.282. The number of ether oxygens (including phenoxy) is 1. The fraction of sp³-hybridized carbons (Fsp3) is 0.200. The third-order valence-electron chi connectivity index (χ3n) is 6.04. The zero-order chi connectivity index (χ0) is 28.4.